The summed E-state index contributed by atoms with van der Waals surface area (Å²) in [6, 6.07) is 0.429. The average Bonchev–Trinajstić information content (AvgIpc) is 2.38. The number of aliphatic hydroxyl groups is 1. The Hall–Kier alpha value is -0.0800. The third-order valence-corrected chi connectivity index (χ3v) is 4.37. The highest BCUT2D eigenvalue weighted by Gasteiger charge is 2.25. The fraction of sp³-hybridized carbons (Fsp3) is 1.00. The standard InChI is InChI=1S/C16H33NO/c1-3-4-5-6-7-8-11-14-17(2)15-12-9-10-13-16(15)18/h15-16,18H,3-14H2,1-2H3. The van der Waals surface area contributed by atoms with E-state index < -0.39 is 0 Å². The maximum absolute atomic E-state index is 10.00. The maximum Gasteiger partial charge on any atom is 0.0695 e. The van der Waals surface area contributed by atoms with Crippen LogP contribution in [-0.2, 0) is 0 Å². The van der Waals surface area contributed by atoms with Gasteiger partial charge in [-0.1, -0.05) is 58.3 Å². The summed E-state index contributed by atoms with van der Waals surface area (Å²) in [6.07, 6.45) is 14.2. The van der Waals surface area contributed by atoms with E-state index in [9.17, 15) is 5.11 Å². The van der Waals surface area contributed by atoms with Crippen molar-refractivity contribution in [2.75, 3.05) is 13.6 Å². The van der Waals surface area contributed by atoms with Gasteiger partial charge in [-0.05, 0) is 32.9 Å². The predicted octanol–water partition coefficient (Wildman–Crippen LogP) is 3.97. The van der Waals surface area contributed by atoms with E-state index in [0.29, 0.717) is 6.04 Å². The molecule has 1 saturated carbocycles. The van der Waals surface area contributed by atoms with Crippen molar-refractivity contribution in [2.24, 2.45) is 0 Å². The minimum absolute atomic E-state index is 0.0756. The molecule has 0 aliphatic heterocycles. The Morgan fingerprint density at radius 3 is 2.22 bits per heavy atom. The molecule has 0 bridgehead atoms. The van der Waals surface area contributed by atoms with Gasteiger partial charge < -0.3 is 10.0 Å². The van der Waals surface area contributed by atoms with E-state index in [1.807, 2.05) is 0 Å². The van der Waals surface area contributed by atoms with Crippen LogP contribution in [0.2, 0.25) is 0 Å². The van der Waals surface area contributed by atoms with Gasteiger partial charge in [-0.25, -0.2) is 0 Å². The summed E-state index contributed by atoms with van der Waals surface area (Å²) >= 11 is 0. The van der Waals surface area contributed by atoms with Crippen LogP contribution in [0.4, 0.5) is 0 Å². The molecule has 2 heteroatoms. The number of hydrogen-bond donors (Lipinski definition) is 1. The Balaban J connectivity index is 2.00. The zero-order chi connectivity index (χ0) is 13.2. The van der Waals surface area contributed by atoms with Crippen molar-refractivity contribution < 1.29 is 5.11 Å². The van der Waals surface area contributed by atoms with Gasteiger partial charge in [-0.2, -0.15) is 0 Å². The highest BCUT2D eigenvalue weighted by atomic mass is 16.3. The first-order valence-corrected chi connectivity index (χ1v) is 8.14. The Labute approximate surface area is 114 Å². The normalized spacial score (nSPS) is 24.7. The second-order valence-corrected chi connectivity index (χ2v) is 6.02. The molecule has 0 heterocycles. The minimum atomic E-state index is -0.0756. The molecule has 0 spiro atoms. The molecule has 0 saturated heterocycles. The summed E-state index contributed by atoms with van der Waals surface area (Å²) in [7, 11) is 2.19. The monoisotopic (exact) mass is 255 g/mol. The second-order valence-electron chi connectivity index (χ2n) is 6.02. The number of rotatable bonds is 9. The highest BCUT2D eigenvalue weighted by Crippen LogP contribution is 2.22. The molecule has 1 aliphatic carbocycles. The Kier molecular flexibility index (Phi) is 8.70. The molecule has 1 rings (SSSR count). The van der Waals surface area contributed by atoms with Crippen LogP contribution >= 0.6 is 0 Å². The molecular weight excluding hydrogens is 222 g/mol. The second kappa shape index (κ2) is 9.80. The van der Waals surface area contributed by atoms with Crippen molar-refractivity contribution >= 4 is 0 Å². The number of likely N-dealkylation sites (N-methyl/N-ethyl adjacent to an activating group) is 1. The minimum Gasteiger partial charge on any atom is -0.391 e. The zero-order valence-electron chi connectivity index (χ0n) is 12.5. The van der Waals surface area contributed by atoms with Gasteiger partial charge in [0.2, 0.25) is 0 Å². The third kappa shape index (κ3) is 6.19. The molecule has 1 aliphatic rings. The van der Waals surface area contributed by atoms with E-state index in [1.54, 1.807) is 0 Å². The van der Waals surface area contributed by atoms with Crippen molar-refractivity contribution in [2.45, 2.75) is 89.7 Å². The van der Waals surface area contributed by atoms with Crippen LogP contribution in [0.25, 0.3) is 0 Å². The van der Waals surface area contributed by atoms with E-state index in [2.05, 4.69) is 18.9 Å². The van der Waals surface area contributed by atoms with Gasteiger partial charge in [0.1, 0.15) is 0 Å². The summed E-state index contributed by atoms with van der Waals surface area (Å²) in [6.45, 7) is 3.43. The Morgan fingerprint density at radius 1 is 0.944 bits per heavy atom. The maximum atomic E-state index is 10.00. The van der Waals surface area contributed by atoms with Crippen LogP contribution in [0.1, 0.15) is 77.6 Å². The zero-order valence-corrected chi connectivity index (χ0v) is 12.5. The molecule has 0 aromatic carbocycles. The van der Waals surface area contributed by atoms with Crippen molar-refractivity contribution in [3.8, 4) is 0 Å². The number of aliphatic hydroxyl groups excluding tert-OH is 1. The lowest BCUT2D eigenvalue weighted by atomic mass is 9.91. The van der Waals surface area contributed by atoms with Gasteiger partial charge >= 0.3 is 0 Å². The molecule has 0 aromatic rings. The first kappa shape index (κ1) is 16.0. The number of unbranched alkanes of at least 4 members (excludes halogenated alkanes) is 6. The lowest BCUT2D eigenvalue weighted by molar-refractivity contribution is 0.0315. The van der Waals surface area contributed by atoms with E-state index in [4.69, 9.17) is 0 Å². The van der Waals surface area contributed by atoms with E-state index in [1.165, 1.54) is 64.2 Å². The van der Waals surface area contributed by atoms with Crippen LogP contribution in [0.5, 0.6) is 0 Å². The van der Waals surface area contributed by atoms with Crippen molar-refractivity contribution in [3.05, 3.63) is 0 Å². The quantitative estimate of drug-likeness (QED) is 0.630. The highest BCUT2D eigenvalue weighted by molar-refractivity contribution is 4.81. The van der Waals surface area contributed by atoms with E-state index >= 15 is 0 Å². The Morgan fingerprint density at radius 2 is 1.56 bits per heavy atom. The van der Waals surface area contributed by atoms with Crippen LogP contribution in [0, 0.1) is 0 Å². The summed E-state index contributed by atoms with van der Waals surface area (Å²) in [5.41, 5.74) is 0. The number of hydrogen-bond acceptors (Lipinski definition) is 2. The molecule has 2 unspecified atom stereocenters. The Bertz CT molecular complexity index is 196. The van der Waals surface area contributed by atoms with E-state index in [-0.39, 0.29) is 6.10 Å². The first-order valence-electron chi connectivity index (χ1n) is 8.14. The molecule has 1 N–H and O–H groups in total. The SMILES string of the molecule is CCCCCCCCCN(C)C1CCCCC1O. The molecular formula is C16H33NO. The predicted molar refractivity (Wildman–Crippen MR) is 78.9 cm³/mol. The van der Waals surface area contributed by atoms with Gasteiger partial charge in [-0.3, -0.25) is 0 Å². The van der Waals surface area contributed by atoms with Crippen LogP contribution in [-0.4, -0.2) is 35.7 Å². The van der Waals surface area contributed by atoms with Crippen molar-refractivity contribution in [1.29, 1.82) is 0 Å². The lowest BCUT2D eigenvalue weighted by Crippen LogP contribution is -2.43. The average molecular weight is 255 g/mol. The van der Waals surface area contributed by atoms with Gasteiger partial charge in [0.05, 0.1) is 6.10 Å². The van der Waals surface area contributed by atoms with E-state index in [0.717, 1.165) is 13.0 Å². The molecule has 0 aromatic heterocycles. The number of nitrogens with zero attached hydrogens (tertiary/aromatic N) is 1. The van der Waals surface area contributed by atoms with Crippen LogP contribution < -0.4 is 0 Å². The van der Waals surface area contributed by atoms with Crippen LogP contribution in [0.15, 0.2) is 0 Å². The molecule has 0 amide bonds. The lowest BCUT2D eigenvalue weighted by Gasteiger charge is -2.35. The summed E-state index contributed by atoms with van der Waals surface area (Å²) in [5.74, 6) is 0. The van der Waals surface area contributed by atoms with Crippen molar-refractivity contribution in [3.63, 3.8) is 0 Å². The van der Waals surface area contributed by atoms with Gasteiger partial charge in [0.25, 0.3) is 0 Å². The van der Waals surface area contributed by atoms with Gasteiger partial charge in [0.15, 0.2) is 0 Å². The molecule has 18 heavy (non-hydrogen) atoms. The molecule has 2 atom stereocenters. The fourth-order valence-corrected chi connectivity index (χ4v) is 3.09. The van der Waals surface area contributed by atoms with Crippen LogP contribution in [0.3, 0.4) is 0 Å². The summed E-state index contributed by atoms with van der Waals surface area (Å²) in [4.78, 5) is 2.40. The third-order valence-electron chi connectivity index (χ3n) is 4.37. The van der Waals surface area contributed by atoms with Gasteiger partial charge in [-0.15, -0.1) is 0 Å². The molecule has 0 radical (unpaired) electrons. The molecule has 2 nitrogen and oxygen atoms in total. The summed E-state index contributed by atoms with van der Waals surface area (Å²) in [5, 5.41) is 10.00. The molecule has 1 fully saturated rings. The summed E-state index contributed by atoms with van der Waals surface area (Å²) < 4.78 is 0. The fourth-order valence-electron chi connectivity index (χ4n) is 3.09. The first-order chi connectivity index (χ1) is 8.75. The smallest absolute Gasteiger partial charge is 0.0695 e. The largest absolute Gasteiger partial charge is 0.391 e. The van der Waals surface area contributed by atoms with Crippen molar-refractivity contribution in [1.82, 2.24) is 4.90 Å². The topological polar surface area (TPSA) is 23.5 Å². The van der Waals surface area contributed by atoms with Gasteiger partial charge in [0, 0.05) is 6.04 Å². The molecule has 108 valence electrons.